The quantitative estimate of drug-likeness (QED) is 0.276. The van der Waals surface area contributed by atoms with E-state index in [0.717, 1.165) is 42.0 Å². The van der Waals surface area contributed by atoms with Gasteiger partial charge in [0.25, 0.3) is 5.91 Å². The number of fused-ring (bicyclic) bond motifs is 1. The summed E-state index contributed by atoms with van der Waals surface area (Å²) in [6.45, 7) is 3.43. The van der Waals surface area contributed by atoms with Gasteiger partial charge in [-0.2, -0.15) is 0 Å². The largest absolute Gasteiger partial charge is 0.483 e. The lowest BCUT2D eigenvalue weighted by Crippen LogP contribution is -2.50. The Balaban J connectivity index is 1.36. The number of carbonyl (C=O) groups is 1. The molecule has 10 heteroatoms. The number of aromatic nitrogens is 1. The van der Waals surface area contributed by atoms with E-state index in [-0.39, 0.29) is 24.1 Å². The van der Waals surface area contributed by atoms with Crippen molar-refractivity contribution in [1.29, 1.82) is 0 Å². The van der Waals surface area contributed by atoms with Crippen molar-refractivity contribution >= 4 is 55.0 Å². The van der Waals surface area contributed by atoms with Crippen molar-refractivity contribution in [3.05, 3.63) is 92.1 Å². The Morgan fingerprint density at radius 1 is 1.16 bits per heavy atom. The minimum atomic E-state index is -0.721. The molecule has 1 N–H and O–H groups in total. The van der Waals surface area contributed by atoms with Gasteiger partial charge in [0.05, 0.1) is 15.8 Å². The van der Waals surface area contributed by atoms with Crippen molar-refractivity contribution < 1.29 is 13.9 Å². The number of nitrogens with zero attached hydrogens (tertiary/aromatic N) is 3. The topological polar surface area (TPSA) is 57.7 Å². The number of piperazine rings is 1. The van der Waals surface area contributed by atoms with Crippen LogP contribution in [0.3, 0.4) is 0 Å². The Bertz CT molecular complexity index is 1410. The van der Waals surface area contributed by atoms with Crippen molar-refractivity contribution in [2.24, 2.45) is 0 Å². The lowest BCUT2D eigenvalue weighted by molar-refractivity contribution is 0.0715. The number of thiazole rings is 1. The summed E-state index contributed by atoms with van der Waals surface area (Å²) in [7, 11) is 2.08. The monoisotopic (exact) mass is 602 g/mol. The number of halogens is 3. The first-order valence-electron chi connectivity index (χ1n) is 11.8. The zero-order valence-electron chi connectivity index (χ0n) is 20.1. The van der Waals surface area contributed by atoms with Crippen molar-refractivity contribution in [2.75, 3.05) is 33.2 Å². The Hall–Kier alpha value is -2.56. The number of rotatable bonds is 7. The van der Waals surface area contributed by atoms with Crippen molar-refractivity contribution in [3.8, 4) is 5.75 Å². The highest BCUT2D eigenvalue weighted by Gasteiger charge is 2.28. The molecule has 6 nitrogen and oxygen atoms in total. The lowest BCUT2D eigenvalue weighted by Gasteiger charge is -2.38. The molecule has 3 aromatic carbocycles. The number of benzene rings is 3. The molecule has 0 aliphatic carbocycles. The molecule has 192 valence electrons. The van der Waals surface area contributed by atoms with E-state index in [1.165, 1.54) is 17.4 Å². The molecular weight excluding hydrogens is 579 g/mol. The van der Waals surface area contributed by atoms with E-state index in [2.05, 4.69) is 43.1 Å². The van der Waals surface area contributed by atoms with Gasteiger partial charge in [-0.1, -0.05) is 41.9 Å². The molecule has 1 saturated heterocycles. The fraction of sp³-hybridized carbons (Fsp3) is 0.259. The van der Waals surface area contributed by atoms with E-state index < -0.39 is 11.7 Å². The number of carbonyl (C=O) groups excluding carboxylic acids is 1. The van der Waals surface area contributed by atoms with Crippen LogP contribution in [-0.4, -0.2) is 53.9 Å². The summed E-state index contributed by atoms with van der Waals surface area (Å²) < 4.78 is 22.7. The maximum atomic E-state index is 15.6. The van der Waals surface area contributed by atoms with Gasteiger partial charge in [-0.3, -0.25) is 9.69 Å². The molecule has 4 aromatic rings. The number of amides is 1. The van der Waals surface area contributed by atoms with Gasteiger partial charge in [-0.15, -0.1) is 11.3 Å². The van der Waals surface area contributed by atoms with E-state index in [4.69, 9.17) is 16.3 Å². The fourth-order valence-electron chi connectivity index (χ4n) is 4.30. The predicted molar refractivity (Wildman–Crippen MR) is 149 cm³/mol. The number of likely N-dealkylation sites (N-methyl/N-ethyl adjacent to an activating group) is 1. The van der Waals surface area contributed by atoms with Crippen LogP contribution >= 0.6 is 38.9 Å². The molecule has 1 fully saturated rings. The smallest absolute Gasteiger partial charge is 0.257 e. The second kappa shape index (κ2) is 11.4. The van der Waals surface area contributed by atoms with Crippen LogP contribution in [-0.2, 0) is 6.61 Å². The molecule has 1 atom stereocenters. The number of hydrogen-bond donors (Lipinski definition) is 1. The molecule has 0 bridgehead atoms. The van der Waals surface area contributed by atoms with Gasteiger partial charge in [0.1, 0.15) is 17.8 Å². The first-order valence-corrected chi connectivity index (χ1v) is 13.8. The zero-order chi connectivity index (χ0) is 25.9. The second-order valence-corrected chi connectivity index (χ2v) is 11.3. The molecule has 2 heterocycles. The molecule has 1 aromatic heterocycles. The normalized spacial score (nSPS) is 15.6. The minimum Gasteiger partial charge on any atom is -0.483 e. The van der Waals surface area contributed by atoms with Crippen molar-refractivity contribution in [2.45, 2.75) is 12.8 Å². The fourth-order valence-corrected chi connectivity index (χ4v) is 5.81. The maximum Gasteiger partial charge on any atom is 0.257 e. The molecule has 1 unspecified atom stereocenters. The van der Waals surface area contributed by atoms with E-state index >= 15 is 4.39 Å². The Morgan fingerprint density at radius 2 is 1.92 bits per heavy atom. The van der Waals surface area contributed by atoms with Crippen LogP contribution in [0.5, 0.6) is 5.75 Å². The average Bonchev–Trinajstić information content (AvgIpc) is 3.30. The highest BCUT2D eigenvalue weighted by Crippen LogP contribution is 2.31. The molecule has 37 heavy (non-hydrogen) atoms. The molecule has 0 saturated carbocycles. The van der Waals surface area contributed by atoms with E-state index in [9.17, 15) is 4.79 Å². The summed E-state index contributed by atoms with van der Waals surface area (Å²) in [5.74, 6) is -1.25. The Morgan fingerprint density at radius 3 is 2.68 bits per heavy atom. The third-order valence-corrected chi connectivity index (χ3v) is 8.22. The van der Waals surface area contributed by atoms with Gasteiger partial charge in [0, 0.05) is 35.7 Å². The minimum absolute atomic E-state index is 0.0125. The first-order chi connectivity index (χ1) is 17.9. The van der Waals surface area contributed by atoms with Crippen LogP contribution in [0.1, 0.15) is 27.1 Å². The summed E-state index contributed by atoms with van der Waals surface area (Å²) >= 11 is 10.9. The lowest BCUT2D eigenvalue weighted by atomic mass is 10.1. The van der Waals surface area contributed by atoms with Crippen molar-refractivity contribution in [1.82, 2.24) is 20.1 Å². The number of ether oxygens (including phenoxy) is 1. The molecule has 0 spiro atoms. The van der Waals surface area contributed by atoms with Gasteiger partial charge in [-0.05, 0) is 58.9 Å². The zero-order valence-corrected chi connectivity index (χ0v) is 23.2. The molecule has 0 radical (unpaired) electrons. The highest BCUT2D eigenvalue weighted by atomic mass is 79.9. The van der Waals surface area contributed by atoms with Crippen LogP contribution in [0, 0.1) is 5.82 Å². The van der Waals surface area contributed by atoms with Crippen molar-refractivity contribution in [3.63, 3.8) is 0 Å². The Kier molecular flexibility index (Phi) is 8.07. The standard InChI is InChI=1S/C27H25BrClFN4O2S/c1-33-11-13-34(14-12-33)26(17-5-3-2-4-6-17)32-27(35)24-19(28)8-9-21(25(24)30)36-16-23-31-20-15-18(29)7-10-22(20)37-23/h2-10,15,26H,11-14,16H2,1H3,(H,32,35). The summed E-state index contributed by atoms with van der Waals surface area (Å²) in [5, 5.41) is 4.35. The van der Waals surface area contributed by atoms with Gasteiger partial charge in [0.2, 0.25) is 0 Å². The third-order valence-electron chi connectivity index (χ3n) is 6.31. The van der Waals surface area contributed by atoms with E-state index in [1.807, 2.05) is 36.4 Å². The SMILES string of the molecule is CN1CCN(C(NC(=O)c2c(Br)ccc(OCc3nc4cc(Cl)ccc4s3)c2F)c2ccccc2)CC1. The molecule has 1 amide bonds. The molecule has 5 rings (SSSR count). The van der Waals surface area contributed by atoms with Crippen LogP contribution < -0.4 is 10.1 Å². The molecular formula is C27H25BrClFN4O2S. The predicted octanol–water partition coefficient (Wildman–Crippen LogP) is 6.11. The molecule has 1 aliphatic rings. The van der Waals surface area contributed by atoms with E-state index in [1.54, 1.807) is 18.2 Å². The highest BCUT2D eigenvalue weighted by molar-refractivity contribution is 9.10. The third kappa shape index (κ3) is 5.97. The van der Waals surface area contributed by atoms with Crippen LogP contribution in [0.15, 0.2) is 65.1 Å². The van der Waals surface area contributed by atoms with Crippen LogP contribution in [0.25, 0.3) is 10.2 Å². The summed E-state index contributed by atoms with van der Waals surface area (Å²) in [4.78, 5) is 22.4. The maximum absolute atomic E-state index is 15.6. The Labute approximate surface area is 232 Å². The van der Waals surface area contributed by atoms with Gasteiger partial charge in [0.15, 0.2) is 11.6 Å². The summed E-state index contributed by atoms with van der Waals surface area (Å²) in [6.07, 6.45) is -0.382. The van der Waals surface area contributed by atoms with Crippen LogP contribution in [0.2, 0.25) is 5.02 Å². The summed E-state index contributed by atoms with van der Waals surface area (Å²) in [6, 6.07) is 18.4. The van der Waals surface area contributed by atoms with Gasteiger partial charge >= 0.3 is 0 Å². The van der Waals surface area contributed by atoms with E-state index in [0.29, 0.717) is 14.5 Å². The van der Waals surface area contributed by atoms with Gasteiger partial charge in [-0.25, -0.2) is 9.37 Å². The average molecular weight is 604 g/mol. The first kappa shape index (κ1) is 26.1. The second-order valence-electron chi connectivity index (χ2n) is 8.87. The summed E-state index contributed by atoms with van der Waals surface area (Å²) in [5.41, 5.74) is 1.62. The number of nitrogens with one attached hydrogen (secondary N) is 1. The van der Waals surface area contributed by atoms with Crippen LogP contribution in [0.4, 0.5) is 4.39 Å². The molecule has 1 aliphatic heterocycles. The number of hydrogen-bond acceptors (Lipinski definition) is 6. The van der Waals surface area contributed by atoms with Gasteiger partial charge < -0.3 is 15.0 Å².